The van der Waals surface area contributed by atoms with Crippen LogP contribution in [-0.4, -0.2) is 85.8 Å². The number of carboxylic acids is 2. The molecule has 0 saturated heterocycles. The fourth-order valence-electron chi connectivity index (χ4n) is 2.86. The Morgan fingerprint density at radius 2 is 1.44 bits per heavy atom. The van der Waals surface area contributed by atoms with Gasteiger partial charge in [-0.15, -0.1) is 0 Å². The molecule has 0 aromatic carbocycles. The molecule has 17 heteroatoms. The minimum Gasteiger partial charge on any atom is -0.481 e. The molecule has 5 amide bonds. The van der Waals surface area contributed by atoms with Gasteiger partial charge in [0.1, 0.15) is 18.1 Å². The lowest BCUT2D eigenvalue weighted by molar-refractivity contribution is -0.147. The zero-order chi connectivity index (χ0) is 27.4. The van der Waals surface area contributed by atoms with Crippen LogP contribution in [0.1, 0.15) is 31.4 Å². The molecular formula is C19H28N8O9. The molecule has 4 unspecified atom stereocenters. The Balaban J connectivity index is 3.06. The Morgan fingerprint density at radius 3 is 1.94 bits per heavy atom. The first-order valence-corrected chi connectivity index (χ1v) is 10.4. The summed E-state index contributed by atoms with van der Waals surface area (Å²) < 4.78 is 0. The number of imidazole rings is 1. The van der Waals surface area contributed by atoms with Crippen LogP contribution >= 0.6 is 0 Å². The number of carbonyl (C=O) groups excluding carboxylic acids is 5. The zero-order valence-electron chi connectivity index (χ0n) is 18.9. The van der Waals surface area contributed by atoms with Gasteiger partial charge in [-0.05, 0) is 6.42 Å². The van der Waals surface area contributed by atoms with E-state index in [1.807, 2.05) is 5.32 Å². The van der Waals surface area contributed by atoms with Crippen molar-refractivity contribution in [1.82, 2.24) is 25.9 Å². The molecule has 1 aromatic rings. The number of amides is 5. The van der Waals surface area contributed by atoms with Crippen molar-refractivity contribution in [2.45, 2.75) is 56.3 Å². The van der Waals surface area contributed by atoms with Crippen molar-refractivity contribution in [2.75, 3.05) is 0 Å². The highest BCUT2D eigenvalue weighted by atomic mass is 16.4. The van der Waals surface area contributed by atoms with E-state index in [1.165, 1.54) is 12.5 Å². The van der Waals surface area contributed by atoms with Crippen molar-refractivity contribution in [3.8, 4) is 0 Å². The van der Waals surface area contributed by atoms with Gasteiger partial charge >= 0.3 is 11.9 Å². The van der Waals surface area contributed by atoms with Gasteiger partial charge in [0.15, 0.2) is 0 Å². The number of aliphatic carboxylic acids is 2. The Hall–Kier alpha value is -4.54. The normalized spacial score (nSPS) is 13.9. The van der Waals surface area contributed by atoms with Crippen LogP contribution in [-0.2, 0) is 40.0 Å². The van der Waals surface area contributed by atoms with Crippen molar-refractivity contribution in [2.24, 2.45) is 17.2 Å². The first kappa shape index (κ1) is 29.5. The van der Waals surface area contributed by atoms with E-state index in [4.69, 9.17) is 27.4 Å². The highest BCUT2D eigenvalue weighted by Gasteiger charge is 2.32. The molecule has 12 N–H and O–H groups in total. The van der Waals surface area contributed by atoms with Crippen LogP contribution in [0.5, 0.6) is 0 Å². The molecule has 36 heavy (non-hydrogen) atoms. The molecule has 17 nitrogen and oxygen atoms in total. The summed E-state index contributed by atoms with van der Waals surface area (Å²) in [6, 6.07) is -6.12. The highest BCUT2D eigenvalue weighted by Crippen LogP contribution is 2.04. The topological polar surface area (TPSA) is 303 Å². The first-order valence-electron chi connectivity index (χ1n) is 10.4. The number of rotatable bonds is 16. The van der Waals surface area contributed by atoms with E-state index in [9.17, 15) is 33.6 Å². The zero-order valence-corrected chi connectivity index (χ0v) is 18.9. The molecule has 0 fully saturated rings. The van der Waals surface area contributed by atoms with Gasteiger partial charge in [-0.1, -0.05) is 0 Å². The average molecular weight is 512 g/mol. The molecule has 0 aliphatic heterocycles. The van der Waals surface area contributed by atoms with Gasteiger partial charge in [0.25, 0.3) is 0 Å². The summed E-state index contributed by atoms with van der Waals surface area (Å²) >= 11 is 0. The largest absolute Gasteiger partial charge is 0.481 e. The number of aromatic amines is 1. The van der Waals surface area contributed by atoms with Gasteiger partial charge in [0.05, 0.1) is 25.2 Å². The summed E-state index contributed by atoms with van der Waals surface area (Å²) in [6.45, 7) is 0. The van der Waals surface area contributed by atoms with Crippen molar-refractivity contribution in [1.29, 1.82) is 0 Å². The molecular weight excluding hydrogens is 484 g/mol. The summed E-state index contributed by atoms with van der Waals surface area (Å²) in [5.41, 5.74) is 16.3. The first-order chi connectivity index (χ1) is 16.8. The van der Waals surface area contributed by atoms with Crippen molar-refractivity contribution >= 4 is 41.5 Å². The number of H-pyrrole nitrogens is 1. The van der Waals surface area contributed by atoms with Gasteiger partial charge in [0, 0.05) is 24.7 Å². The second-order valence-corrected chi connectivity index (χ2v) is 7.68. The Morgan fingerprint density at radius 1 is 0.861 bits per heavy atom. The number of carbonyl (C=O) groups is 7. The molecule has 0 aliphatic carbocycles. The summed E-state index contributed by atoms with van der Waals surface area (Å²) in [5, 5.41) is 24.4. The number of hydrogen-bond acceptors (Lipinski definition) is 9. The van der Waals surface area contributed by atoms with Crippen LogP contribution in [0.4, 0.5) is 0 Å². The monoisotopic (exact) mass is 512 g/mol. The fourth-order valence-corrected chi connectivity index (χ4v) is 2.86. The maximum absolute atomic E-state index is 13.0. The lowest BCUT2D eigenvalue weighted by atomic mass is 10.1. The second-order valence-electron chi connectivity index (χ2n) is 7.68. The Kier molecular flexibility index (Phi) is 11.5. The molecule has 0 bridgehead atoms. The maximum Gasteiger partial charge on any atom is 0.326 e. The Labute approximate surface area is 203 Å². The van der Waals surface area contributed by atoms with Crippen LogP contribution in [0, 0.1) is 0 Å². The van der Waals surface area contributed by atoms with E-state index in [0.717, 1.165) is 0 Å². The molecule has 0 spiro atoms. The van der Waals surface area contributed by atoms with Crippen molar-refractivity contribution < 1.29 is 43.8 Å². The van der Waals surface area contributed by atoms with E-state index >= 15 is 0 Å². The lowest BCUT2D eigenvalue weighted by Gasteiger charge is -2.24. The smallest absolute Gasteiger partial charge is 0.326 e. The third-order valence-electron chi connectivity index (χ3n) is 4.68. The number of nitrogens with one attached hydrogen (secondary N) is 4. The molecule has 198 valence electrons. The van der Waals surface area contributed by atoms with E-state index in [1.54, 1.807) is 0 Å². The summed E-state index contributed by atoms with van der Waals surface area (Å²) in [7, 11) is 0. The molecule has 0 aliphatic rings. The second kappa shape index (κ2) is 14.0. The predicted molar refractivity (Wildman–Crippen MR) is 118 cm³/mol. The molecule has 0 saturated carbocycles. The SMILES string of the molecule is NC(=O)CCC(N)C(=O)NC(Cc1cnc[nH]1)C(=O)NC(CC(N)=O)C(=O)NC(CC(=O)O)C(=O)O. The van der Waals surface area contributed by atoms with Crippen LogP contribution in [0.2, 0.25) is 0 Å². The van der Waals surface area contributed by atoms with E-state index in [2.05, 4.69) is 20.6 Å². The minimum absolute atomic E-state index is 0.105. The number of nitrogens with two attached hydrogens (primary N) is 3. The standard InChI is InChI=1S/C19H28N8O9/c20-9(1-2-13(21)28)16(32)25-10(3-8-6-23-7-24-8)17(33)26-11(4-14(22)29)18(34)27-12(19(35)36)5-15(30)31/h6-7,9-12H,1-5,20H2,(H2,21,28)(H2,22,29)(H,23,24)(H,25,32)(H,26,33)(H,27,34)(H,30,31)(H,35,36). The molecule has 4 atom stereocenters. The minimum atomic E-state index is -1.86. The number of aromatic nitrogens is 2. The van der Waals surface area contributed by atoms with Gasteiger partial charge in [-0.3, -0.25) is 28.8 Å². The van der Waals surface area contributed by atoms with Crippen LogP contribution in [0.15, 0.2) is 12.5 Å². The van der Waals surface area contributed by atoms with E-state index < -0.39 is 78.5 Å². The molecule has 1 aromatic heterocycles. The third-order valence-corrected chi connectivity index (χ3v) is 4.68. The van der Waals surface area contributed by atoms with Crippen LogP contribution in [0.3, 0.4) is 0 Å². The molecule has 1 heterocycles. The molecule has 0 radical (unpaired) electrons. The van der Waals surface area contributed by atoms with Crippen molar-refractivity contribution in [3.63, 3.8) is 0 Å². The fraction of sp³-hybridized carbons (Fsp3) is 0.474. The van der Waals surface area contributed by atoms with Crippen LogP contribution < -0.4 is 33.2 Å². The molecule has 1 rings (SSSR count). The Bertz CT molecular complexity index is 982. The quantitative estimate of drug-likeness (QED) is 0.101. The highest BCUT2D eigenvalue weighted by molar-refractivity contribution is 5.96. The van der Waals surface area contributed by atoms with Gasteiger partial charge in [0.2, 0.25) is 29.5 Å². The summed E-state index contributed by atoms with van der Waals surface area (Å²) in [6.07, 6.45) is 0.473. The van der Waals surface area contributed by atoms with E-state index in [0.29, 0.717) is 5.69 Å². The maximum atomic E-state index is 13.0. The van der Waals surface area contributed by atoms with Crippen LogP contribution in [0.25, 0.3) is 0 Å². The van der Waals surface area contributed by atoms with Crippen molar-refractivity contribution in [3.05, 3.63) is 18.2 Å². The van der Waals surface area contributed by atoms with E-state index in [-0.39, 0.29) is 19.3 Å². The number of carboxylic acid groups (broad SMARTS) is 2. The van der Waals surface area contributed by atoms with Gasteiger partial charge in [-0.25, -0.2) is 9.78 Å². The van der Waals surface area contributed by atoms with Gasteiger partial charge in [-0.2, -0.15) is 0 Å². The van der Waals surface area contributed by atoms with Gasteiger partial charge < -0.3 is 48.3 Å². The summed E-state index contributed by atoms with van der Waals surface area (Å²) in [5.74, 6) is -7.90. The predicted octanol–water partition coefficient (Wildman–Crippen LogP) is -4.57. The number of hydrogen-bond donors (Lipinski definition) is 9. The number of primary amides is 2. The average Bonchev–Trinajstić information content (AvgIpc) is 3.28. The number of nitrogens with zero attached hydrogens (tertiary/aromatic N) is 1. The lowest BCUT2D eigenvalue weighted by Crippen LogP contribution is -2.58. The third kappa shape index (κ3) is 10.6. The summed E-state index contributed by atoms with van der Waals surface area (Å²) in [4.78, 5) is 89.0.